The molecule has 0 heterocycles. The van der Waals surface area contributed by atoms with Gasteiger partial charge in [-0.2, -0.15) is 0 Å². The SMILES string of the molecule is COc1cccc(C(=O)C2C=c3c(ccc4c3=CCc3ccc(Cl)cc3-4)CC2)c1. The third kappa shape index (κ3) is 3.18. The molecule has 3 heteroatoms. The van der Waals surface area contributed by atoms with Gasteiger partial charge in [-0.25, -0.2) is 0 Å². The molecule has 144 valence electrons. The average molecular weight is 401 g/mol. The number of ketones is 1. The van der Waals surface area contributed by atoms with E-state index in [1.165, 1.54) is 32.7 Å². The van der Waals surface area contributed by atoms with Gasteiger partial charge in [0, 0.05) is 16.5 Å². The Morgan fingerprint density at radius 2 is 1.86 bits per heavy atom. The molecule has 0 radical (unpaired) electrons. The first kappa shape index (κ1) is 18.2. The molecule has 29 heavy (non-hydrogen) atoms. The highest BCUT2D eigenvalue weighted by Crippen LogP contribution is 2.29. The second-order valence-electron chi connectivity index (χ2n) is 7.72. The summed E-state index contributed by atoms with van der Waals surface area (Å²) in [7, 11) is 1.62. The number of fused-ring (bicyclic) bond motifs is 5. The van der Waals surface area contributed by atoms with Crippen molar-refractivity contribution in [1.82, 2.24) is 0 Å². The number of carbonyl (C=O) groups excluding carboxylic acids is 1. The minimum Gasteiger partial charge on any atom is -0.497 e. The summed E-state index contributed by atoms with van der Waals surface area (Å²) < 4.78 is 5.29. The van der Waals surface area contributed by atoms with Crippen molar-refractivity contribution >= 4 is 29.5 Å². The van der Waals surface area contributed by atoms with Crippen molar-refractivity contribution < 1.29 is 9.53 Å². The molecule has 2 aliphatic rings. The second kappa shape index (κ2) is 7.20. The van der Waals surface area contributed by atoms with Crippen LogP contribution in [0, 0.1) is 5.92 Å². The number of halogens is 1. The molecule has 0 aliphatic heterocycles. The Kier molecular flexibility index (Phi) is 4.52. The Labute approximate surface area is 175 Å². The van der Waals surface area contributed by atoms with E-state index >= 15 is 0 Å². The first-order valence-corrected chi connectivity index (χ1v) is 10.3. The summed E-state index contributed by atoms with van der Waals surface area (Å²) in [5.74, 6) is 0.757. The van der Waals surface area contributed by atoms with Crippen molar-refractivity contribution in [2.24, 2.45) is 5.92 Å². The number of rotatable bonds is 3. The van der Waals surface area contributed by atoms with Gasteiger partial charge in [-0.15, -0.1) is 0 Å². The molecule has 0 bridgehead atoms. The number of methoxy groups -OCH3 is 1. The molecule has 2 nitrogen and oxygen atoms in total. The lowest BCUT2D eigenvalue weighted by Crippen LogP contribution is -2.37. The number of ether oxygens (including phenoxy) is 1. The van der Waals surface area contributed by atoms with E-state index in [2.05, 4.69) is 36.4 Å². The Morgan fingerprint density at radius 1 is 1.00 bits per heavy atom. The second-order valence-corrected chi connectivity index (χ2v) is 8.15. The van der Waals surface area contributed by atoms with Gasteiger partial charge < -0.3 is 4.74 Å². The van der Waals surface area contributed by atoms with Gasteiger partial charge in [-0.3, -0.25) is 4.79 Å². The maximum absolute atomic E-state index is 13.2. The Bertz CT molecular complexity index is 1260. The Morgan fingerprint density at radius 3 is 2.72 bits per heavy atom. The van der Waals surface area contributed by atoms with Crippen molar-refractivity contribution in [2.45, 2.75) is 19.3 Å². The van der Waals surface area contributed by atoms with Crippen LogP contribution in [0.2, 0.25) is 5.02 Å². The van der Waals surface area contributed by atoms with Crippen molar-refractivity contribution in [2.75, 3.05) is 7.11 Å². The van der Waals surface area contributed by atoms with E-state index in [1.54, 1.807) is 7.11 Å². The van der Waals surface area contributed by atoms with E-state index in [9.17, 15) is 4.79 Å². The molecule has 0 amide bonds. The highest BCUT2D eigenvalue weighted by Gasteiger charge is 2.23. The van der Waals surface area contributed by atoms with Crippen LogP contribution in [-0.4, -0.2) is 12.9 Å². The van der Waals surface area contributed by atoms with Gasteiger partial charge in [-0.05, 0) is 76.2 Å². The van der Waals surface area contributed by atoms with Gasteiger partial charge in [0.25, 0.3) is 0 Å². The highest BCUT2D eigenvalue weighted by molar-refractivity contribution is 6.30. The Hall–Kier alpha value is -2.84. The molecule has 3 aromatic rings. The number of hydrogen-bond donors (Lipinski definition) is 0. The van der Waals surface area contributed by atoms with E-state index in [1.807, 2.05) is 30.3 Å². The molecule has 2 aliphatic carbocycles. The van der Waals surface area contributed by atoms with E-state index in [0.717, 1.165) is 24.3 Å². The van der Waals surface area contributed by atoms with Gasteiger partial charge in [0.1, 0.15) is 5.75 Å². The fourth-order valence-electron chi connectivity index (χ4n) is 4.53. The maximum atomic E-state index is 13.2. The lowest BCUT2D eigenvalue weighted by atomic mass is 9.82. The summed E-state index contributed by atoms with van der Waals surface area (Å²) in [5.41, 5.74) is 5.73. The van der Waals surface area contributed by atoms with Gasteiger partial charge in [0.05, 0.1) is 7.11 Å². The van der Waals surface area contributed by atoms with E-state index in [-0.39, 0.29) is 11.7 Å². The maximum Gasteiger partial charge on any atom is 0.169 e. The van der Waals surface area contributed by atoms with Crippen molar-refractivity contribution in [3.63, 3.8) is 0 Å². The molecule has 0 saturated heterocycles. The summed E-state index contributed by atoms with van der Waals surface area (Å²) in [6.45, 7) is 0. The van der Waals surface area contributed by atoms with Crippen LogP contribution in [0.1, 0.15) is 27.9 Å². The molecular weight excluding hydrogens is 380 g/mol. The lowest BCUT2D eigenvalue weighted by Gasteiger charge is -2.21. The van der Waals surface area contributed by atoms with E-state index < -0.39 is 0 Å². The van der Waals surface area contributed by atoms with Crippen molar-refractivity contribution in [1.29, 1.82) is 0 Å². The number of aryl methyl sites for hydroxylation is 1. The van der Waals surface area contributed by atoms with Crippen molar-refractivity contribution in [3.05, 3.63) is 86.7 Å². The number of benzene rings is 3. The normalized spacial score (nSPS) is 16.6. The molecule has 0 fully saturated rings. The zero-order chi connectivity index (χ0) is 20.0. The van der Waals surface area contributed by atoms with Crippen LogP contribution < -0.4 is 15.2 Å². The van der Waals surface area contributed by atoms with Gasteiger partial charge in [0.15, 0.2) is 5.78 Å². The molecule has 3 aromatic carbocycles. The van der Waals surface area contributed by atoms with Crippen LogP contribution in [0.25, 0.3) is 23.3 Å². The number of carbonyl (C=O) groups is 1. The first-order chi connectivity index (χ1) is 14.1. The van der Waals surface area contributed by atoms with Crippen LogP contribution in [0.4, 0.5) is 0 Å². The molecule has 0 saturated carbocycles. The third-order valence-corrected chi connectivity index (χ3v) is 6.28. The van der Waals surface area contributed by atoms with Crippen LogP contribution in [-0.2, 0) is 12.8 Å². The molecule has 5 rings (SSSR count). The van der Waals surface area contributed by atoms with E-state index in [0.29, 0.717) is 11.3 Å². The summed E-state index contributed by atoms with van der Waals surface area (Å²) in [6, 6.07) is 18.0. The fourth-order valence-corrected chi connectivity index (χ4v) is 4.71. The predicted octanol–water partition coefficient (Wildman–Crippen LogP) is 4.58. The lowest BCUT2D eigenvalue weighted by molar-refractivity contribution is 0.0946. The molecule has 0 spiro atoms. The van der Waals surface area contributed by atoms with Gasteiger partial charge >= 0.3 is 0 Å². The first-order valence-electron chi connectivity index (χ1n) is 9.95. The summed E-state index contributed by atoms with van der Waals surface area (Å²) in [6.07, 6.45) is 7.10. The topological polar surface area (TPSA) is 26.3 Å². The molecule has 0 N–H and O–H groups in total. The van der Waals surface area contributed by atoms with E-state index in [4.69, 9.17) is 16.3 Å². The van der Waals surface area contributed by atoms with Crippen molar-refractivity contribution in [3.8, 4) is 16.9 Å². The van der Waals surface area contributed by atoms with Crippen LogP contribution in [0.5, 0.6) is 5.75 Å². The zero-order valence-electron chi connectivity index (χ0n) is 16.2. The summed E-state index contributed by atoms with van der Waals surface area (Å²) in [5, 5.41) is 3.20. The average Bonchev–Trinajstić information content (AvgIpc) is 2.77. The van der Waals surface area contributed by atoms with Crippen LogP contribution in [0.15, 0.2) is 54.6 Å². The summed E-state index contributed by atoms with van der Waals surface area (Å²) >= 11 is 6.27. The largest absolute Gasteiger partial charge is 0.497 e. The monoisotopic (exact) mass is 400 g/mol. The van der Waals surface area contributed by atoms with Crippen LogP contribution >= 0.6 is 11.6 Å². The minimum atomic E-state index is -0.115. The number of Topliss-reactive ketones (excluding diaryl/α,β-unsaturated/α-hetero) is 1. The van der Waals surface area contributed by atoms with Crippen LogP contribution in [0.3, 0.4) is 0 Å². The smallest absolute Gasteiger partial charge is 0.169 e. The number of hydrogen-bond acceptors (Lipinski definition) is 2. The van der Waals surface area contributed by atoms with Gasteiger partial charge in [0.2, 0.25) is 0 Å². The highest BCUT2D eigenvalue weighted by atomic mass is 35.5. The fraction of sp³-hybridized carbons (Fsp3) is 0.192. The molecular formula is C26H21ClO2. The molecule has 1 unspecified atom stereocenters. The summed E-state index contributed by atoms with van der Waals surface area (Å²) in [4.78, 5) is 13.2. The van der Waals surface area contributed by atoms with Gasteiger partial charge in [-0.1, -0.05) is 54.1 Å². The minimum absolute atomic E-state index is 0.115. The quantitative estimate of drug-likeness (QED) is 0.601. The molecule has 0 aromatic heterocycles. The third-order valence-electron chi connectivity index (χ3n) is 6.05. The zero-order valence-corrected chi connectivity index (χ0v) is 17.0. The Balaban J connectivity index is 1.61. The predicted molar refractivity (Wildman–Crippen MR) is 118 cm³/mol. The standard InChI is InChI=1S/C26H21ClO2/c1-29-21-4-2-3-18(13-21)26(28)19-6-5-16-8-12-23-22(24(16)14-19)11-9-17-7-10-20(27)15-25(17)23/h2-4,7-8,10-15,19H,5-6,9H2,1H3. The molecule has 1 atom stereocenters.